The van der Waals surface area contributed by atoms with Crippen LogP contribution in [0.25, 0.3) is 0 Å². The summed E-state index contributed by atoms with van der Waals surface area (Å²) in [6, 6.07) is 7.12. The summed E-state index contributed by atoms with van der Waals surface area (Å²) in [5.74, 6) is 0. The van der Waals surface area contributed by atoms with Crippen LogP contribution in [0.2, 0.25) is 0 Å². The Labute approximate surface area is 121 Å². The van der Waals surface area contributed by atoms with Crippen LogP contribution in [0, 0.1) is 12.3 Å². The molecule has 2 fully saturated rings. The number of hydrogen-bond acceptors (Lipinski definition) is 2. The van der Waals surface area contributed by atoms with Gasteiger partial charge < -0.3 is 0 Å². The van der Waals surface area contributed by atoms with Crippen molar-refractivity contribution >= 4 is 10.0 Å². The monoisotopic (exact) mass is 291 g/mol. The molecule has 1 saturated carbocycles. The summed E-state index contributed by atoms with van der Waals surface area (Å²) in [4.78, 5) is 0.406. The molecule has 1 saturated heterocycles. The van der Waals surface area contributed by atoms with Crippen LogP contribution in [-0.2, 0) is 10.0 Å². The van der Waals surface area contributed by atoms with Crippen LogP contribution in [0.15, 0.2) is 41.3 Å². The fourth-order valence-electron chi connectivity index (χ4n) is 3.47. The van der Waals surface area contributed by atoms with Gasteiger partial charge in [0.1, 0.15) is 0 Å². The first kappa shape index (κ1) is 13.8. The quantitative estimate of drug-likeness (QED) is 0.785. The molecule has 108 valence electrons. The molecular weight excluding hydrogens is 270 g/mol. The van der Waals surface area contributed by atoms with E-state index in [1.807, 2.05) is 19.1 Å². The van der Waals surface area contributed by atoms with Crippen molar-refractivity contribution in [3.8, 4) is 0 Å². The smallest absolute Gasteiger partial charge is 0.207 e. The molecule has 0 aromatic heterocycles. The van der Waals surface area contributed by atoms with Crippen molar-refractivity contribution in [3.63, 3.8) is 0 Å². The average Bonchev–Trinajstić information content (AvgIpc) is 3.00. The third-order valence-corrected chi connectivity index (χ3v) is 6.72. The van der Waals surface area contributed by atoms with Crippen LogP contribution in [0.5, 0.6) is 0 Å². The Morgan fingerprint density at radius 2 is 1.90 bits per heavy atom. The van der Waals surface area contributed by atoms with E-state index >= 15 is 0 Å². The van der Waals surface area contributed by atoms with Gasteiger partial charge in [0.05, 0.1) is 4.90 Å². The molecule has 20 heavy (non-hydrogen) atoms. The SMILES string of the molecule is C=C1CCCC12CCN(S(=O)(=O)c1ccc(C)cc1)C2. The van der Waals surface area contributed by atoms with E-state index in [0.717, 1.165) is 31.2 Å². The molecule has 1 aliphatic heterocycles. The van der Waals surface area contributed by atoms with Crippen molar-refractivity contribution < 1.29 is 8.42 Å². The molecule has 1 spiro atoms. The highest BCUT2D eigenvalue weighted by Gasteiger charge is 2.46. The second-order valence-corrected chi connectivity index (χ2v) is 8.08. The van der Waals surface area contributed by atoms with Gasteiger partial charge in [0.2, 0.25) is 10.0 Å². The van der Waals surface area contributed by atoms with Gasteiger partial charge >= 0.3 is 0 Å². The maximum atomic E-state index is 12.7. The van der Waals surface area contributed by atoms with Crippen LogP contribution in [-0.4, -0.2) is 25.8 Å². The third kappa shape index (κ3) is 2.11. The molecule has 0 N–H and O–H groups in total. The number of benzene rings is 1. The van der Waals surface area contributed by atoms with Crippen molar-refractivity contribution in [2.75, 3.05) is 13.1 Å². The van der Waals surface area contributed by atoms with Crippen molar-refractivity contribution in [3.05, 3.63) is 42.0 Å². The molecule has 3 rings (SSSR count). The van der Waals surface area contributed by atoms with Crippen molar-refractivity contribution in [1.82, 2.24) is 4.31 Å². The Kier molecular flexibility index (Phi) is 3.26. The van der Waals surface area contributed by atoms with Gasteiger partial charge in [0, 0.05) is 18.5 Å². The average molecular weight is 291 g/mol. The number of aryl methyl sites for hydroxylation is 1. The van der Waals surface area contributed by atoms with Gasteiger partial charge in [-0.25, -0.2) is 8.42 Å². The summed E-state index contributed by atoms with van der Waals surface area (Å²) in [6.45, 7) is 7.36. The molecule has 1 atom stereocenters. The lowest BCUT2D eigenvalue weighted by atomic mass is 9.82. The summed E-state index contributed by atoms with van der Waals surface area (Å²) in [7, 11) is -3.35. The topological polar surface area (TPSA) is 37.4 Å². The molecule has 4 heteroatoms. The van der Waals surface area contributed by atoms with E-state index < -0.39 is 10.0 Å². The van der Waals surface area contributed by atoms with Gasteiger partial charge in [-0.05, 0) is 44.7 Å². The number of hydrogen-bond donors (Lipinski definition) is 0. The first-order chi connectivity index (χ1) is 9.44. The second kappa shape index (κ2) is 4.71. The van der Waals surface area contributed by atoms with Crippen molar-refractivity contribution in [1.29, 1.82) is 0 Å². The number of sulfonamides is 1. The molecule has 2 aliphatic rings. The number of nitrogens with zero attached hydrogens (tertiary/aromatic N) is 1. The third-order valence-electron chi connectivity index (χ3n) is 4.86. The minimum atomic E-state index is -3.35. The molecule has 1 aliphatic carbocycles. The van der Waals surface area contributed by atoms with E-state index in [-0.39, 0.29) is 5.41 Å². The van der Waals surface area contributed by atoms with Crippen molar-refractivity contribution in [2.24, 2.45) is 5.41 Å². The highest BCUT2D eigenvalue weighted by atomic mass is 32.2. The Balaban J connectivity index is 1.87. The predicted molar refractivity (Wildman–Crippen MR) is 80.0 cm³/mol. The summed E-state index contributed by atoms with van der Waals surface area (Å²) in [5.41, 5.74) is 2.38. The molecule has 1 heterocycles. The fourth-order valence-corrected chi connectivity index (χ4v) is 5.00. The Bertz CT molecular complexity index is 633. The Morgan fingerprint density at radius 3 is 2.50 bits per heavy atom. The lowest BCUT2D eigenvalue weighted by Crippen LogP contribution is -2.31. The first-order valence-corrected chi connectivity index (χ1v) is 8.63. The van der Waals surface area contributed by atoms with Crippen LogP contribution < -0.4 is 0 Å². The molecule has 1 aromatic rings. The normalized spacial score (nSPS) is 27.6. The summed E-state index contributed by atoms with van der Waals surface area (Å²) < 4.78 is 27.0. The van der Waals surface area contributed by atoms with Crippen molar-refractivity contribution in [2.45, 2.75) is 37.5 Å². The first-order valence-electron chi connectivity index (χ1n) is 7.19. The predicted octanol–water partition coefficient (Wildman–Crippen LogP) is 3.12. The molecule has 0 bridgehead atoms. The minimum Gasteiger partial charge on any atom is -0.207 e. The maximum absolute atomic E-state index is 12.7. The van der Waals surface area contributed by atoms with E-state index in [9.17, 15) is 8.42 Å². The van der Waals surface area contributed by atoms with Gasteiger partial charge in [-0.2, -0.15) is 4.31 Å². The van der Waals surface area contributed by atoms with Gasteiger partial charge in [0.15, 0.2) is 0 Å². The van der Waals surface area contributed by atoms with E-state index in [2.05, 4.69) is 6.58 Å². The van der Waals surface area contributed by atoms with Gasteiger partial charge in [-0.1, -0.05) is 29.8 Å². The maximum Gasteiger partial charge on any atom is 0.243 e. The van der Waals surface area contributed by atoms with E-state index in [4.69, 9.17) is 0 Å². The van der Waals surface area contributed by atoms with E-state index in [0.29, 0.717) is 18.0 Å². The highest BCUT2D eigenvalue weighted by Crippen LogP contribution is 2.49. The lowest BCUT2D eigenvalue weighted by molar-refractivity contribution is 0.375. The molecule has 0 radical (unpaired) electrons. The van der Waals surface area contributed by atoms with Crippen LogP contribution >= 0.6 is 0 Å². The van der Waals surface area contributed by atoms with Crippen LogP contribution in [0.1, 0.15) is 31.2 Å². The lowest BCUT2D eigenvalue weighted by Gasteiger charge is -2.25. The minimum absolute atomic E-state index is 0.0533. The van der Waals surface area contributed by atoms with Gasteiger partial charge in [-0.15, -0.1) is 0 Å². The largest absolute Gasteiger partial charge is 0.243 e. The zero-order valence-electron chi connectivity index (χ0n) is 11.9. The van der Waals surface area contributed by atoms with Crippen LogP contribution in [0.4, 0.5) is 0 Å². The standard InChI is InChI=1S/C16H21NO2S/c1-13-5-7-15(8-6-13)20(18,19)17-11-10-16(12-17)9-3-4-14(16)2/h5-8H,2-4,9-12H2,1H3. The number of rotatable bonds is 2. The van der Waals surface area contributed by atoms with Gasteiger partial charge in [0.25, 0.3) is 0 Å². The molecule has 1 unspecified atom stereocenters. The summed E-state index contributed by atoms with van der Waals surface area (Å²) >= 11 is 0. The second-order valence-electron chi connectivity index (χ2n) is 6.14. The fraction of sp³-hybridized carbons (Fsp3) is 0.500. The molecule has 1 aromatic carbocycles. The summed E-state index contributed by atoms with van der Waals surface area (Å²) in [5, 5.41) is 0. The van der Waals surface area contributed by atoms with E-state index in [1.165, 1.54) is 5.57 Å². The zero-order chi connectivity index (χ0) is 14.4. The molecular formula is C16H21NO2S. The Morgan fingerprint density at radius 1 is 1.20 bits per heavy atom. The molecule has 0 amide bonds. The van der Waals surface area contributed by atoms with E-state index in [1.54, 1.807) is 16.4 Å². The van der Waals surface area contributed by atoms with Crippen LogP contribution in [0.3, 0.4) is 0 Å². The highest BCUT2D eigenvalue weighted by molar-refractivity contribution is 7.89. The molecule has 3 nitrogen and oxygen atoms in total. The zero-order valence-corrected chi connectivity index (χ0v) is 12.7. The van der Waals surface area contributed by atoms with Gasteiger partial charge in [-0.3, -0.25) is 0 Å². The summed E-state index contributed by atoms with van der Waals surface area (Å²) in [6.07, 6.45) is 4.22. The Hall–Kier alpha value is -1.13.